The van der Waals surface area contributed by atoms with Crippen molar-refractivity contribution in [3.05, 3.63) is 66.0 Å². The Bertz CT molecular complexity index is 1350. The number of aromatic nitrogens is 4. The largest absolute Gasteiger partial charge is 0.444 e. The molecule has 1 amide bonds. The van der Waals surface area contributed by atoms with Gasteiger partial charge in [0.15, 0.2) is 0 Å². The monoisotopic (exact) mass is 519 g/mol. The van der Waals surface area contributed by atoms with E-state index in [1.54, 1.807) is 6.20 Å². The van der Waals surface area contributed by atoms with Gasteiger partial charge in [-0.25, -0.2) is 9.78 Å². The number of hydrogen-bond donors (Lipinski definition) is 2. The number of pyridine rings is 1. The first-order chi connectivity index (χ1) is 17.5. The van der Waals surface area contributed by atoms with Crippen molar-refractivity contribution in [1.29, 1.82) is 0 Å². The first-order valence-corrected chi connectivity index (χ1v) is 16.3. The van der Waals surface area contributed by atoms with Gasteiger partial charge < -0.3 is 19.0 Å². The van der Waals surface area contributed by atoms with Gasteiger partial charge in [0.05, 0.1) is 11.2 Å². The van der Waals surface area contributed by atoms with E-state index in [-0.39, 0.29) is 0 Å². The van der Waals surface area contributed by atoms with Crippen molar-refractivity contribution in [3.63, 3.8) is 0 Å². The lowest BCUT2D eigenvalue weighted by atomic mass is 10.1. The SMILES string of the molecule is CC(C)(C)OC(=O)Nc1nc2c(-c3cc(Cc4ccccc4)cn3COCC[Si](C)(C)C)nccc2[nH]1. The van der Waals surface area contributed by atoms with Gasteiger partial charge in [0.25, 0.3) is 0 Å². The fourth-order valence-corrected chi connectivity index (χ4v) is 4.69. The number of hydrogen-bond acceptors (Lipinski definition) is 5. The van der Waals surface area contributed by atoms with Crippen molar-refractivity contribution in [2.75, 3.05) is 11.9 Å². The maximum absolute atomic E-state index is 12.3. The third-order valence-electron chi connectivity index (χ3n) is 5.69. The van der Waals surface area contributed by atoms with Gasteiger partial charge in [-0.1, -0.05) is 50.0 Å². The molecule has 37 heavy (non-hydrogen) atoms. The normalized spacial score (nSPS) is 12.2. The smallest absolute Gasteiger partial charge is 0.414 e. The van der Waals surface area contributed by atoms with Crippen molar-refractivity contribution < 1.29 is 14.3 Å². The number of aromatic amines is 1. The summed E-state index contributed by atoms with van der Waals surface area (Å²) in [6.45, 7) is 13.7. The predicted molar refractivity (Wildman–Crippen MR) is 151 cm³/mol. The molecule has 196 valence electrons. The van der Waals surface area contributed by atoms with E-state index in [0.29, 0.717) is 18.2 Å². The highest BCUT2D eigenvalue weighted by Crippen LogP contribution is 2.29. The Kier molecular flexibility index (Phi) is 7.84. The summed E-state index contributed by atoms with van der Waals surface area (Å²) in [4.78, 5) is 24.8. The summed E-state index contributed by atoms with van der Waals surface area (Å²) in [6.07, 6.45) is 4.11. The van der Waals surface area contributed by atoms with E-state index in [4.69, 9.17) is 9.47 Å². The summed E-state index contributed by atoms with van der Waals surface area (Å²) < 4.78 is 13.6. The zero-order valence-corrected chi connectivity index (χ0v) is 23.6. The van der Waals surface area contributed by atoms with Crippen LogP contribution >= 0.6 is 0 Å². The van der Waals surface area contributed by atoms with Gasteiger partial charge >= 0.3 is 6.09 Å². The molecule has 0 radical (unpaired) electrons. The van der Waals surface area contributed by atoms with E-state index < -0.39 is 19.8 Å². The summed E-state index contributed by atoms with van der Waals surface area (Å²) in [5.74, 6) is 0.313. The van der Waals surface area contributed by atoms with Gasteiger partial charge in [0, 0.05) is 27.1 Å². The Morgan fingerprint density at radius 1 is 1.11 bits per heavy atom. The minimum Gasteiger partial charge on any atom is -0.444 e. The number of nitrogens with zero attached hydrogens (tertiary/aromatic N) is 3. The molecule has 0 aliphatic rings. The maximum Gasteiger partial charge on any atom is 0.414 e. The van der Waals surface area contributed by atoms with Crippen LogP contribution in [0.1, 0.15) is 31.9 Å². The minimum atomic E-state index is -1.19. The average molecular weight is 520 g/mol. The third-order valence-corrected chi connectivity index (χ3v) is 7.40. The maximum atomic E-state index is 12.3. The quantitative estimate of drug-likeness (QED) is 0.190. The number of fused-ring (bicyclic) bond motifs is 1. The molecule has 1 aromatic carbocycles. The lowest BCUT2D eigenvalue weighted by molar-refractivity contribution is 0.0635. The molecule has 9 heteroatoms. The third kappa shape index (κ3) is 7.53. The average Bonchev–Trinajstić information content (AvgIpc) is 3.38. The molecule has 0 spiro atoms. The highest BCUT2D eigenvalue weighted by atomic mass is 28.3. The molecular weight excluding hydrogens is 482 g/mol. The summed E-state index contributed by atoms with van der Waals surface area (Å²) in [5.41, 5.74) is 4.87. The highest BCUT2D eigenvalue weighted by Gasteiger charge is 2.20. The Labute approximate surface area is 219 Å². The molecule has 0 saturated heterocycles. The summed E-state index contributed by atoms with van der Waals surface area (Å²) in [6, 6.07) is 15.5. The number of carbonyl (C=O) groups is 1. The van der Waals surface area contributed by atoms with Crippen LogP contribution in [0.3, 0.4) is 0 Å². The number of carbonyl (C=O) groups excluding carboxylic acids is 1. The van der Waals surface area contributed by atoms with E-state index in [1.165, 1.54) is 5.56 Å². The number of benzene rings is 1. The van der Waals surface area contributed by atoms with Crippen LogP contribution in [-0.2, 0) is 22.6 Å². The van der Waals surface area contributed by atoms with Crippen LogP contribution in [0, 0.1) is 0 Å². The molecule has 0 aliphatic carbocycles. The zero-order chi connectivity index (χ0) is 26.6. The summed E-state index contributed by atoms with van der Waals surface area (Å²) >= 11 is 0. The van der Waals surface area contributed by atoms with Gasteiger partial charge in [-0.3, -0.25) is 10.3 Å². The molecule has 0 atom stereocenters. The molecule has 0 aliphatic heterocycles. The van der Waals surface area contributed by atoms with Gasteiger partial charge in [0.1, 0.15) is 23.5 Å². The second kappa shape index (κ2) is 10.9. The van der Waals surface area contributed by atoms with Crippen molar-refractivity contribution in [2.24, 2.45) is 0 Å². The van der Waals surface area contributed by atoms with E-state index in [9.17, 15) is 4.79 Å². The van der Waals surface area contributed by atoms with Gasteiger partial charge in [-0.2, -0.15) is 0 Å². The first kappa shape index (κ1) is 26.6. The Hall–Kier alpha value is -3.43. The van der Waals surface area contributed by atoms with Crippen LogP contribution in [0.5, 0.6) is 0 Å². The van der Waals surface area contributed by atoms with Gasteiger partial charge in [-0.15, -0.1) is 0 Å². The van der Waals surface area contributed by atoms with Crippen LogP contribution in [0.15, 0.2) is 54.9 Å². The molecule has 0 saturated carbocycles. The molecule has 4 rings (SSSR count). The first-order valence-electron chi connectivity index (χ1n) is 12.6. The number of ether oxygens (including phenoxy) is 2. The van der Waals surface area contributed by atoms with Crippen LogP contribution in [-0.4, -0.2) is 45.9 Å². The Morgan fingerprint density at radius 2 is 1.86 bits per heavy atom. The van der Waals surface area contributed by atoms with Gasteiger partial charge in [-0.05, 0) is 56.5 Å². The summed E-state index contributed by atoms with van der Waals surface area (Å²) in [7, 11) is -1.19. The molecule has 0 fully saturated rings. The number of H-pyrrole nitrogens is 1. The van der Waals surface area contributed by atoms with Crippen molar-refractivity contribution >= 4 is 31.1 Å². The molecule has 4 aromatic rings. The van der Waals surface area contributed by atoms with Crippen molar-refractivity contribution in [1.82, 2.24) is 19.5 Å². The fourth-order valence-electron chi connectivity index (χ4n) is 3.93. The Balaban J connectivity index is 1.64. The second-order valence-electron chi connectivity index (χ2n) is 11.5. The number of anilines is 1. The lowest BCUT2D eigenvalue weighted by Gasteiger charge is -2.18. The molecule has 3 heterocycles. The molecule has 8 nitrogen and oxygen atoms in total. The van der Waals surface area contributed by atoms with Gasteiger partial charge in [0.2, 0.25) is 5.95 Å². The minimum absolute atomic E-state index is 0.313. The molecule has 0 unspecified atom stereocenters. The zero-order valence-electron chi connectivity index (χ0n) is 22.6. The van der Waals surface area contributed by atoms with E-state index in [2.05, 4.69) is 81.0 Å². The Morgan fingerprint density at radius 3 is 2.57 bits per heavy atom. The topological polar surface area (TPSA) is 94.1 Å². The standard InChI is InChI=1S/C28H37N5O3Si/c1-28(2,3)36-27(34)32-26-30-22-12-13-29-25(24(22)31-26)23-17-21(16-20-10-8-7-9-11-20)18-33(23)19-35-14-15-37(4,5)6/h7-13,17-18H,14-16,19H2,1-6H3,(H2,30,31,32,34). The number of imidazole rings is 1. The summed E-state index contributed by atoms with van der Waals surface area (Å²) in [5, 5.41) is 2.69. The molecule has 0 bridgehead atoms. The lowest BCUT2D eigenvalue weighted by Crippen LogP contribution is -2.27. The molecule has 3 aromatic heterocycles. The van der Waals surface area contributed by atoms with E-state index in [1.807, 2.05) is 32.9 Å². The van der Waals surface area contributed by atoms with Crippen LogP contribution in [0.25, 0.3) is 22.4 Å². The molecule has 2 N–H and O–H groups in total. The highest BCUT2D eigenvalue weighted by molar-refractivity contribution is 6.76. The number of nitrogens with one attached hydrogen (secondary N) is 2. The van der Waals surface area contributed by atoms with E-state index >= 15 is 0 Å². The van der Waals surface area contributed by atoms with E-state index in [0.717, 1.165) is 41.5 Å². The van der Waals surface area contributed by atoms with Crippen LogP contribution in [0.4, 0.5) is 10.7 Å². The van der Waals surface area contributed by atoms with Crippen molar-refractivity contribution in [2.45, 2.75) is 65.2 Å². The van der Waals surface area contributed by atoms with Crippen LogP contribution in [0.2, 0.25) is 25.7 Å². The van der Waals surface area contributed by atoms with Crippen molar-refractivity contribution in [3.8, 4) is 11.4 Å². The fraction of sp³-hybridized carbons (Fsp3) is 0.393. The second-order valence-corrected chi connectivity index (χ2v) is 17.1. The number of amides is 1. The number of rotatable bonds is 9. The molecular formula is C28H37N5O3Si. The predicted octanol–water partition coefficient (Wildman–Crippen LogP) is 6.68. The van der Waals surface area contributed by atoms with Crippen LogP contribution < -0.4 is 5.32 Å².